The Balaban J connectivity index is 2.56. The fraction of sp³-hybridized carbons (Fsp3) is 0.417. The highest BCUT2D eigenvalue weighted by Gasteiger charge is 2.09. The van der Waals surface area contributed by atoms with Crippen molar-refractivity contribution in [3.8, 4) is 0 Å². The molecule has 0 aliphatic heterocycles. The molecule has 0 saturated heterocycles. The molecular formula is C12H17N3O3. The van der Waals surface area contributed by atoms with Gasteiger partial charge in [-0.3, -0.25) is 14.3 Å². The monoisotopic (exact) mass is 251 g/mol. The summed E-state index contributed by atoms with van der Waals surface area (Å²) in [5.41, 5.74) is 0.833. The molecule has 1 aromatic rings. The smallest absolute Gasteiger partial charge is 0.305 e. The Labute approximate surface area is 106 Å². The molecule has 6 heteroatoms. The quantitative estimate of drug-likeness (QED) is 0.757. The van der Waals surface area contributed by atoms with Crippen molar-refractivity contribution in [2.75, 3.05) is 13.1 Å². The lowest BCUT2D eigenvalue weighted by molar-refractivity contribution is -0.137. The van der Waals surface area contributed by atoms with E-state index in [2.05, 4.69) is 5.10 Å². The van der Waals surface area contributed by atoms with Crippen LogP contribution in [0.3, 0.4) is 0 Å². The average molecular weight is 251 g/mol. The number of aromatic nitrogens is 2. The van der Waals surface area contributed by atoms with E-state index in [4.69, 9.17) is 5.11 Å². The lowest BCUT2D eigenvalue weighted by atomic mass is 10.3. The lowest BCUT2D eigenvalue weighted by Crippen LogP contribution is -2.31. The topological polar surface area (TPSA) is 75.4 Å². The van der Waals surface area contributed by atoms with Crippen molar-refractivity contribution in [1.29, 1.82) is 0 Å². The number of carbonyl (C=O) groups excluding carboxylic acids is 1. The van der Waals surface area contributed by atoms with Gasteiger partial charge in [0.05, 0.1) is 12.6 Å². The van der Waals surface area contributed by atoms with Crippen molar-refractivity contribution in [2.45, 2.75) is 13.3 Å². The largest absolute Gasteiger partial charge is 0.481 e. The van der Waals surface area contributed by atoms with Crippen molar-refractivity contribution in [2.24, 2.45) is 7.05 Å². The minimum atomic E-state index is -0.905. The fourth-order valence-electron chi connectivity index (χ4n) is 1.45. The molecule has 1 rings (SSSR count). The van der Waals surface area contributed by atoms with Crippen molar-refractivity contribution < 1.29 is 14.7 Å². The molecule has 0 saturated carbocycles. The molecule has 0 aliphatic rings. The first-order chi connectivity index (χ1) is 8.52. The summed E-state index contributed by atoms with van der Waals surface area (Å²) in [5, 5.41) is 12.6. The zero-order chi connectivity index (χ0) is 13.5. The number of carbonyl (C=O) groups is 2. The number of hydrogen-bond donors (Lipinski definition) is 1. The normalized spacial score (nSPS) is 10.8. The Bertz CT molecular complexity index is 451. The van der Waals surface area contributed by atoms with E-state index in [-0.39, 0.29) is 18.9 Å². The first kappa shape index (κ1) is 14.0. The van der Waals surface area contributed by atoms with Gasteiger partial charge in [0.25, 0.3) is 0 Å². The summed E-state index contributed by atoms with van der Waals surface area (Å²) >= 11 is 0. The molecule has 0 spiro atoms. The van der Waals surface area contributed by atoms with Gasteiger partial charge in [-0.15, -0.1) is 0 Å². The number of rotatable bonds is 6. The Morgan fingerprint density at radius 2 is 2.28 bits per heavy atom. The van der Waals surface area contributed by atoms with E-state index in [0.717, 1.165) is 5.56 Å². The van der Waals surface area contributed by atoms with Gasteiger partial charge >= 0.3 is 5.97 Å². The van der Waals surface area contributed by atoms with Crippen molar-refractivity contribution in [1.82, 2.24) is 14.7 Å². The number of hydrogen-bond acceptors (Lipinski definition) is 3. The van der Waals surface area contributed by atoms with Gasteiger partial charge in [-0.2, -0.15) is 5.10 Å². The highest BCUT2D eigenvalue weighted by Crippen LogP contribution is 2.01. The van der Waals surface area contributed by atoms with Crippen molar-refractivity contribution in [3.63, 3.8) is 0 Å². The van der Waals surface area contributed by atoms with Crippen LogP contribution < -0.4 is 0 Å². The van der Waals surface area contributed by atoms with Crippen LogP contribution in [0.25, 0.3) is 6.08 Å². The predicted molar refractivity (Wildman–Crippen MR) is 66.7 cm³/mol. The van der Waals surface area contributed by atoms with Crippen LogP contribution >= 0.6 is 0 Å². The molecule has 1 aromatic heterocycles. The van der Waals surface area contributed by atoms with Crippen molar-refractivity contribution in [3.05, 3.63) is 24.0 Å². The molecular weight excluding hydrogens is 234 g/mol. The zero-order valence-electron chi connectivity index (χ0n) is 10.5. The maximum Gasteiger partial charge on any atom is 0.305 e. The van der Waals surface area contributed by atoms with E-state index in [0.29, 0.717) is 6.54 Å². The average Bonchev–Trinajstić information content (AvgIpc) is 2.73. The van der Waals surface area contributed by atoms with Gasteiger partial charge in [0.1, 0.15) is 0 Å². The number of carboxylic acids is 1. The van der Waals surface area contributed by atoms with Gasteiger partial charge in [-0.25, -0.2) is 0 Å². The molecule has 0 radical (unpaired) electrons. The second-order valence-electron chi connectivity index (χ2n) is 3.84. The van der Waals surface area contributed by atoms with E-state index in [1.807, 2.05) is 6.92 Å². The first-order valence-electron chi connectivity index (χ1n) is 5.70. The Morgan fingerprint density at radius 1 is 1.56 bits per heavy atom. The fourth-order valence-corrected chi connectivity index (χ4v) is 1.45. The molecule has 1 amide bonds. The van der Waals surface area contributed by atoms with E-state index >= 15 is 0 Å². The summed E-state index contributed by atoms with van der Waals surface area (Å²) in [4.78, 5) is 23.7. The molecule has 0 fully saturated rings. The number of aliphatic carboxylic acids is 1. The number of likely N-dealkylation sites (N-methyl/N-ethyl adjacent to an activating group) is 1. The number of aryl methyl sites for hydroxylation is 1. The maximum atomic E-state index is 11.8. The standard InChI is InChI=1S/C12H17N3O3/c1-3-15(7-6-12(17)18)11(16)5-4-10-8-13-14(2)9-10/h4-5,8-9H,3,6-7H2,1-2H3,(H,17,18)/b5-4+. The molecule has 6 nitrogen and oxygen atoms in total. The molecule has 1 N–H and O–H groups in total. The van der Waals surface area contributed by atoms with E-state index < -0.39 is 5.97 Å². The van der Waals surface area contributed by atoms with Crippen LogP contribution in [0.2, 0.25) is 0 Å². The van der Waals surface area contributed by atoms with Gasteiger partial charge in [-0.05, 0) is 13.0 Å². The van der Waals surface area contributed by atoms with Gasteiger partial charge < -0.3 is 10.0 Å². The maximum absolute atomic E-state index is 11.8. The third-order valence-electron chi connectivity index (χ3n) is 2.43. The molecule has 98 valence electrons. The second-order valence-corrected chi connectivity index (χ2v) is 3.84. The Hall–Kier alpha value is -2.11. The van der Waals surface area contributed by atoms with Crippen LogP contribution in [-0.2, 0) is 16.6 Å². The van der Waals surface area contributed by atoms with Crippen molar-refractivity contribution >= 4 is 18.0 Å². The third kappa shape index (κ3) is 4.40. The summed E-state index contributed by atoms with van der Waals surface area (Å²) in [6.45, 7) is 2.53. The molecule has 0 aliphatic carbocycles. The summed E-state index contributed by atoms with van der Waals surface area (Å²) in [5.74, 6) is -1.10. The second kappa shape index (κ2) is 6.58. The van der Waals surface area contributed by atoms with E-state index in [9.17, 15) is 9.59 Å². The van der Waals surface area contributed by atoms with Gasteiger partial charge in [0.15, 0.2) is 0 Å². The molecule has 0 bridgehead atoms. The summed E-state index contributed by atoms with van der Waals surface area (Å²) in [6.07, 6.45) is 6.50. The van der Waals surface area contributed by atoms with Crippen LogP contribution in [-0.4, -0.2) is 44.8 Å². The Kier molecular flexibility index (Phi) is 5.10. The predicted octanol–water partition coefficient (Wildman–Crippen LogP) is 0.756. The van der Waals surface area contributed by atoms with Crippen LogP contribution in [0.1, 0.15) is 18.9 Å². The molecule has 0 atom stereocenters. The number of nitrogens with zero attached hydrogens (tertiary/aromatic N) is 3. The number of amides is 1. The minimum absolute atomic E-state index is 0.0414. The highest BCUT2D eigenvalue weighted by molar-refractivity contribution is 5.91. The van der Waals surface area contributed by atoms with E-state index in [1.165, 1.54) is 11.0 Å². The van der Waals surface area contributed by atoms with Gasteiger partial charge in [-0.1, -0.05) is 0 Å². The van der Waals surface area contributed by atoms with Gasteiger partial charge in [0, 0.05) is 38.0 Å². The summed E-state index contributed by atoms with van der Waals surface area (Å²) in [6, 6.07) is 0. The summed E-state index contributed by atoms with van der Waals surface area (Å²) < 4.78 is 1.65. The summed E-state index contributed by atoms with van der Waals surface area (Å²) in [7, 11) is 1.80. The highest BCUT2D eigenvalue weighted by atomic mass is 16.4. The van der Waals surface area contributed by atoms with Gasteiger partial charge in [0.2, 0.25) is 5.91 Å². The van der Waals surface area contributed by atoms with Crippen LogP contribution in [0.4, 0.5) is 0 Å². The van der Waals surface area contributed by atoms with E-state index in [1.54, 1.807) is 30.2 Å². The zero-order valence-corrected chi connectivity index (χ0v) is 10.5. The van der Waals surface area contributed by atoms with Crippen LogP contribution in [0, 0.1) is 0 Å². The third-order valence-corrected chi connectivity index (χ3v) is 2.43. The lowest BCUT2D eigenvalue weighted by Gasteiger charge is -2.17. The SMILES string of the molecule is CCN(CCC(=O)O)C(=O)/C=C/c1cnn(C)c1. The molecule has 1 heterocycles. The molecule has 0 aromatic carbocycles. The first-order valence-corrected chi connectivity index (χ1v) is 5.70. The number of carboxylic acid groups (broad SMARTS) is 1. The molecule has 18 heavy (non-hydrogen) atoms. The Morgan fingerprint density at radius 3 is 2.78 bits per heavy atom. The van der Waals surface area contributed by atoms with Crippen LogP contribution in [0.15, 0.2) is 18.5 Å². The van der Waals surface area contributed by atoms with Crippen LogP contribution in [0.5, 0.6) is 0 Å². The molecule has 0 unspecified atom stereocenters. The minimum Gasteiger partial charge on any atom is -0.481 e.